The molecule has 0 spiro atoms. The van der Waals surface area contributed by atoms with Gasteiger partial charge in [-0.2, -0.15) is 0 Å². The van der Waals surface area contributed by atoms with E-state index in [-0.39, 0.29) is 17.3 Å². The zero-order valence-corrected chi connectivity index (χ0v) is 13.9. The SMILES string of the molecule is CCOC1CC(n2c(CC)cnc2SCC(=O)O)C1(C)C. The summed E-state index contributed by atoms with van der Waals surface area (Å²) in [6, 6.07) is 0.322. The first-order valence-corrected chi connectivity index (χ1v) is 8.42. The number of ether oxygens (including phenoxy) is 1. The molecule has 1 aliphatic rings. The van der Waals surface area contributed by atoms with Gasteiger partial charge in [-0.25, -0.2) is 4.98 Å². The molecule has 5 nitrogen and oxygen atoms in total. The third-order valence-electron chi connectivity index (χ3n) is 4.33. The van der Waals surface area contributed by atoms with Crippen LogP contribution in [-0.2, 0) is 16.0 Å². The first-order valence-electron chi connectivity index (χ1n) is 7.44. The van der Waals surface area contributed by atoms with E-state index in [2.05, 4.69) is 30.3 Å². The highest BCUT2D eigenvalue weighted by molar-refractivity contribution is 7.99. The lowest BCUT2D eigenvalue weighted by Crippen LogP contribution is -2.52. The number of rotatable bonds is 7. The van der Waals surface area contributed by atoms with E-state index in [9.17, 15) is 4.79 Å². The van der Waals surface area contributed by atoms with Crippen LogP contribution in [0.5, 0.6) is 0 Å². The Morgan fingerprint density at radius 2 is 2.29 bits per heavy atom. The van der Waals surface area contributed by atoms with Crippen LogP contribution >= 0.6 is 11.8 Å². The maximum atomic E-state index is 10.8. The number of carbonyl (C=O) groups is 1. The largest absolute Gasteiger partial charge is 0.481 e. The maximum absolute atomic E-state index is 10.8. The second-order valence-electron chi connectivity index (χ2n) is 5.95. The number of aliphatic carboxylic acids is 1. The Labute approximate surface area is 130 Å². The van der Waals surface area contributed by atoms with Gasteiger partial charge in [0.25, 0.3) is 0 Å². The van der Waals surface area contributed by atoms with Crippen molar-refractivity contribution in [2.75, 3.05) is 12.4 Å². The van der Waals surface area contributed by atoms with Crippen LogP contribution in [0.1, 0.15) is 45.9 Å². The first kappa shape index (κ1) is 16.4. The summed E-state index contributed by atoms with van der Waals surface area (Å²) in [5.74, 6) is -0.768. The molecule has 118 valence electrons. The van der Waals surface area contributed by atoms with Crippen molar-refractivity contribution in [2.45, 2.75) is 57.8 Å². The third-order valence-corrected chi connectivity index (χ3v) is 5.28. The molecular formula is C15H24N2O3S. The van der Waals surface area contributed by atoms with Gasteiger partial charge in [0.15, 0.2) is 5.16 Å². The molecule has 0 aromatic carbocycles. The van der Waals surface area contributed by atoms with E-state index in [0.29, 0.717) is 6.04 Å². The van der Waals surface area contributed by atoms with Crippen LogP contribution < -0.4 is 0 Å². The summed E-state index contributed by atoms with van der Waals surface area (Å²) in [7, 11) is 0. The second kappa shape index (κ2) is 6.40. The van der Waals surface area contributed by atoms with E-state index in [1.54, 1.807) is 0 Å². The summed E-state index contributed by atoms with van der Waals surface area (Å²) in [6.07, 6.45) is 3.99. The van der Waals surface area contributed by atoms with Gasteiger partial charge < -0.3 is 14.4 Å². The van der Waals surface area contributed by atoms with Crippen LogP contribution in [-0.4, -0.2) is 39.1 Å². The molecule has 1 aliphatic carbocycles. The fraction of sp³-hybridized carbons (Fsp3) is 0.733. The molecule has 0 radical (unpaired) electrons. The summed E-state index contributed by atoms with van der Waals surface area (Å²) in [4.78, 5) is 15.2. The fourth-order valence-corrected chi connectivity index (χ4v) is 3.76. The number of hydrogen-bond donors (Lipinski definition) is 1. The Bertz CT molecular complexity index is 513. The molecule has 2 unspecified atom stereocenters. The molecule has 1 saturated carbocycles. The van der Waals surface area contributed by atoms with Crippen molar-refractivity contribution in [3.8, 4) is 0 Å². The summed E-state index contributed by atoms with van der Waals surface area (Å²) in [5.41, 5.74) is 1.20. The summed E-state index contributed by atoms with van der Waals surface area (Å²) in [5, 5.41) is 9.68. The van der Waals surface area contributed by atoms with Gasteiger partial charge in [0.05, 0.1) is 11.9 Å². The molecule has 0 aliphatic heterocycles. The Balaban J connectivity index is 2.22. The predicted molar refractivity (Wildman–Crippen MR) is 82.8 cm³/mol. The van der Waals surface area contributed by atoms with Crippen molar-refractivity contribution in [2.24, 2.45) is 5.41 Å². The van der Waals surface area contributed by atoms with E-state index < -0.39 is 5.97 Å². The van der Waals surface area contributed by atoms with Gasteiger partial charge in [0.1, 0.15) is 0 Å². The summed E-state index contributed by atoms with van der Waals surface area (Å²) >= 11 is 1.30. The van der Waals surface area contributed by atoms with Crippen LogP contribution in [0, 0.1) is 5.41 Å². The molecule has 1 aromatic heterocycles. The minimum absolute atomic E-state index is 0.0408. The van der Waals surface area contributed by atoms with Crippen molar-refractivity contribution < 1.29 is 14.6 Å². The maximum Gasteiger partial charge on any atom is 0.313 e. The normalized spacial score (nSPS) is 23.8. The van der Waals surface area contributed by atoms with E-state index in [0.717, 1.165) is 30.3 Å². The van der Waals surface area contributed by atoms with Gasteiger partial charge in [-0.3, -0.25) is 4.79 Å². The second-order valence-corrected chi connectivity index (χ2v) is 6.90. The first-order chi connectivity index (χ1) is 9.91. The lowest BCUT2D eigenvalue weighted by atomic mass is 9.64. The Kier molecular flexibility index (Phi) is 4.99. The highest BCUT2D eigenvalue weighted by Gasteiger charge is 2.50. The molecule has 21 heavy (non-hydrogen) atoms. The van der Waals surface area contributed by atoms with Crippen LogP contribution in [0.4, 0.5) is 0 Å². The Morgan fingerprint density at radius 1 is 1.57 bits per heavy atom. The van der Waals surface area contributed by atoms with E-state index in [1.807, 2.05) is 13.1 Å². The summed E-state index contributed by atoms with van der Waals surface area (Å²) in [6.45, 7) is 9.28. The molecule has 6 heteroatoms. The predicted octanol–water partition coefficient (Wildman–Crippen LogP) is 3.00. The molecule has 1 N–H and O–H groups in total. The van der Waals surface area contributed by atoms with Gasteiger partial charge >= 0.3 is 5.97 Å². The number of imidazole rings is 1. The number of thioether (sulfide) groups is 1. The zero-order chi connectivity index (χ0) is 15.6. The highest BCUT2D eigenvalue weighted by Crippen LogP contribution is 2.52. The fourth-order valence-electron chi connectivity index (χ4n) is 2.99. The smallest absolute Gasteiger partial charge is 0.313 e. The van der Waals surface area contributed by atoms with Crippen LogP contribution in [0.3, 0.4) is 0 Å². The summed E-state index contributed by atoms with van der Waals surface area (Å²) < 4.78 is 8.02. The molecule has 2 rings (SSSR count). The number of aryl methyl sites for hydroxylation is 1. The molecule has 0 saturated heterocycles. The van der Waals surface area contributed by atoms with Crippen molar-refractivity contribution >= 4 is 17.7 Å². The van der Waals surface area contributed by atoms with E-state index >= 15 is 0 Å². The van der Waals surface area contributed by atoms with Gasteiger partial charge in [-0.05, 0) is 19.8 Å². The highest BCUT2D eigenvalue weighted by atomic mass is 32.2. The van der Waals surface area contributed by atoms with Gasteiger partial charge in [-0.15, -0.1) is 0 Å². The minimum atomic E-state index is -0.812. The molecule has 0 amide bonds. The zero-order valence-electron chi connectivity index (χ0n) is 13.1. The van der Waals surface area contributed by atoms with Gasteiger partial charge in [0, 0.05) is 30.0 Å². The van der Waals surface area contributed by atoms with Crippen LogP contribution in [0.25, 0.3) is 0 Å². The number of carboxylic acid groups (broad SMARTS) is 1. The van der Waals surface area contributed by atoms with Crippen molar-refractivity contribution in [3.63, 3.8) is 0 Å². The Hall–Kier alpha value is -1.01. The molecule has 0 bridgehead atoms. The molecular weight excluding hydrogens is 288 g/mol. The monoisotopic (exact) mass is 312 g/mol. The number of hydrogen-bond acceptors (Lipinski definition) is 4. The van der Waals surface area contributed by atoms with Crippen molar-refractivity contribution in [1.29, 1.82) is 0 Å². The Morgan fingerprint density at radius 3 is 2.81 bits per heavy atom. The number of carboxylic acids is 1. The quantitative estimate of drug-likeness (QED) is 0.784. The lowest BCUT2D eigenvalue weighted by Gasteiger charge is -2.52. The molecule has 1 fully saturated rings. The van der Waals surface area contributed by atoms with Crippen LogP contribution in [0.15, 0.2) is 11.4 Å². The van der Waals surface area contributed by atoms with E-state index in [1.165, 1.54) is 11.8 Å². The number of aromatic nitrogens is 2. The molecule has 2 atom stereocenters. The van der Waals surface area contributed by atoms with Gasteiger partial charge in [0.2, 0.25) is 0 Å². The topological polar surface area (TPSA) is 64.4 Å². The average Bonchev–Trinajstić information content (AvgIpc) is 2.83. The standard InChI is InChI=1S/C15H24N2O3S/c1-5-10-8-16-14(21-9-13(18)19)17(10)11-7-12(20-6-2)15(11,3)4/h8,11-12H,5-7,9H2,1-4H3,(H,18,19). The van der Waals surface area contributed by atoms with Crippen molar-refractivity contribution in [3.05, 3.63) is 11.9 Å². The minimum Gasteiger partial charge on any atom is -0.481 e. The number of nitrogens with zero attached hydrogens (tertiary/aromatic N) is 2. The van der Waals surface area contributed by atoms with E-state index in [4.69, 9.17) is 9.84 Å². The van der Waals surface area contributed by atoms with Crippen molar-refractivity contribution in [1.82, 2.24) is 9.55 Å². The third kappa shape index (κ3) is 3.11. The lowest BCUT2D eigenvalue weighted by molar-refractivity contribution is -0.134. The van der Waals surface area contributed by atoms with Gasteiger partial charge in [-0.1, -0.05) is 32.5 Å². The van der Waals surface area contributed by atoms with Crippen LogP contribution in [0.2, 0.25) is 0 Å². The average molecular weight is 312 g/mol. The molecule has 1 aromatic rings. The molecule has 1 heterocycles.